The predicted octanol–water partition coefficient (Wildman–Crippen LogP) is 4.36. The van der Waals surface area contributed by atoms with E-state index in [9.17, 15) is 4.79 Å². The Bertz CT molecular complexity index is 571. The lowest BCUT2D eigenvalue weighted by Crippen LogP contribution is -2.48. The summed E-state index contributed by atoms with van der Waals surface area (Å²) in [5, 5.41) is 0.547. The Morgan fingerprint density at radius 3 is 2.52 bits per heavy atom. The number of hydrogen-bond acceptors (Lipinski definition) is 3. The van der Waals surface area contributed by atoms with Crippen molar-refractivity contribution in [2.45, 2.75) is 51.3 Å². The van der Waals surface area contributed by atoms with Crippen molar-refractivity contribution in [2.75, 3.05) is 7.05 Å². The number of likely N-dealkylation sites (tertiary alicyclic amines) is 1. The van der Waals surface area contributed by atoms with E-state index in [0.29, 0.717) is 10.6 Å². The van der Waals surface area contributed by atoms with Gasteiger partial charge in [-0.3, -0.25) is 4.90 Å². The second kappa shape index (κ2) is 5.70. The van der Waals surface area contributed by atoms with Crippen LogP contribution in [0, 0.1) is 3.57 Å². The van der Waals surface area contributed by atoms with Crippen LogP contribution in [-0.4, -0.2) is 35.1 Å². The van der Waals surface area contributed by atoms with Crippen molar-refractivity contribution < 1.29 is 9.53 Å². The first-order valence-electron chi connectivity index (χ1n) is 6.95. The molecule has 3 nitrogen and oxygen atoms in total. The van der Waals surface area contributed by atoms with E-state index in [0.717, 1.165) is 9.99 Å². The van der Waals surface area contributed by atoms with E-state index in [1.165, 1.54) is 0 Å². The lowest BCUT2D eigenvalue weighted by atomic mass is 9.97. The third kappa shape index (κ3) is 3.22. The summed E-state index contributed by atoms with van der Waals surface area (Å²) in [6.07, 6.45) is 0.680. The Morgan fingerprint density at radius 1 is 1.38 bits per heavy atom. The number of carbonyl (C=O) groups is 1. The second-order valence-corrected chi connectivity index (χ2v) is 8.35. The van der Waals surface area contributed by atoms with Gasteiger partial charge in [-0.25, -0.2) is 4.79 Å². The molecule has 2 rings (SSSR count). The molecule has 0 aliphatic carbocycles. The number of benzene rings is 1. The fourth-order valence-corrected chi connectivity index (χ4v) is 3.60. The van der Waals surface area contributed by atoms with Crippen LogP contribution in [0.3, 0.4) is 0 Å². The molecule has 0 aromatic heterocycles. The van der Waals surface area contributed by atoms with Crippen LogP contribution in [-0.2, 0) is 4.74 Å². The zero-order chi connectivity index (χ0) is 16.0. The third-order valence-corrected chi connectivity index (χ3v) is 5.82. The molecule has 0 amide bonds. The smallest absolute Gasteiger partial charge is 0.339 e. The number of nitrogens with zero attached hydrogens (tertiary/aromatic N) is 1. The predicted molar refractivity (Wildman–Crippen MR) is 93.9 cm³/mol. The average Bonchev–Trinajstić information content (AvgIpc) is 2.53. The monoisotopic (exact) mass is 421 g/mol. The summed E-state index contributed by atoms with van der Waals surface area (Å²) < 4.78 is 6.66. The van der Waals surface area contributed by atoms with Crippen LogP contribution in [0.2, 0.25) is 5.02 Å². The summed E-state index contributed by atoms with van der Waals surface area (Å²) in [6, 6.07) is 5.27. The van der Waals surface area contributed by atoms with Crippen molar-refractivity contribution >= 4 is 40.2 Å². The number of carbonyl (C=O) groups excluding carboxylic acids is 1. The lowest BCUT2D eigenvalue weighted by molar-refractivity contribution is 0.00147. The van der Waals surface area contributed by atoms with Gasteiger partial charge >= 0.3 is 5.97 Å². The second-order valence-electron chi connectivity index (χ2n) is 6.75. The molecule has 1 aliphatic heterocycles. The van der Waals surface area contributed by atoms with Gasteiger partial charge in [-0.2, -0.15) is 0 Å². The third-order valence-electron chi connectivity index (χ3n) is 4.64. The maximum absolute atomic E-state index is 12.5. The van der Waals surface area contributed by atoms with E-state index in [1.54, 1.807) is 12.1 Å². The van der Waals surface area contributed by atoms with Crippen LogP contribution in [0.15, 0.2) is 18.2 Å². The van der Waals surface area contributed by atoms with Crippen LogP contribution < -0.4 is 0 Å². The number of hydrogen-bond donors (Lipinski definition) is 0. The van der Waals surface area contributed by atoms with Crippen molar-refractivity contribution in [1.82, 2.24) is 4.90 Å². The highest BCUT2D eigenvalue weighted by Crippen LogP contribution is 2.41. The highest BCUT2D eigenvalue weighted by atomic mass is 127. The van der Waals surface area contributed by atoms with Crippen molar-refractivity contribution in [2.24, 2.45) is 0 Å². The molecule has 0 spiro atoms. The van der Waals surface area contributed by atoms with Gasteiger partial charge in [-0.1, -0.05) is 11.6 Å². The van der Waals surface area contributed by atoms with E-state index in [-0.39, 0.29) is 23.2 Å². The first kappa shape index (κ1) is 17.0. The van der Waals surface area contributed by atoms with E-state index in [2.05, 4.69) is 62.2 Å². The van der Waals surface area contributed by atoms with Gasteiger partial charge in [0.2, 0.25) is 0 Å². The highest BCUT2D eigenvalue weighted by molar-refractivity contribution is 14.1. The maximum Gasteiger partial charge on any atom is 0.339 e. The summed E-state index contributed by atoms with van der Waals surface area (Å²) in [5.74, 6) is -0.300. The molecule has 1 saturated heterocycles. The van der Waals surface area contributed by atoms with Gasteiger partial charge in [0.25, 0.3) is 0 Å². The van der Waals surface area contributed by atoms with E-state index < -0.39 is 0 Å². The van der Waals surface area contributed by atoms with Gasteiger partial charge in [-0.05, 0) is 75.5 Å². The Kier molecular flexibility index (Phi) is 4.63. The van der Waals surface area contributed by atoms with Crippen LogP contribution in [0.5, 0.6) is 0 Å². The number of rotatable bonds is 2. The van der Waals surface area contributed by atoms with Gasteiger partial charge in [0.15, 0.2) is 0 Å². The molecule has 21 heavy (non-hydrogen) atoms. The normalized spacial score (nSPS) is 24.0. The van der Waals surface area contributed by atoms with Crippen molar-refractivity contribution in [1.29, 1.82) is 0 Å². The van der Waals surface area contributed by atoms with Crippen molar-refractivity contribution in [3.8, 4) is 0 Å². The molecule has 1 heterocycles. The maximum atomic E-state index is 12.5. The van der Waals surface area contributed by atoms with E-state index >= 15 is 0 Å². The zero-order valence-electron chi connectivity index (χ0n) is 13.0. The highest BCUT2D eigenvalue weighted by Gasteiger charge is 2.51. The van der Waals surface area contributed by atoms with Gasteiger partial charge in [-0.15, -0.1) is 0 Å². The molecule has 0 N–H and O–H groups in total. The summed E-state index contributed by atoms with van der Waals surface area (Å²) in [7, 11) is 2.08. The van der Waals surface area contributed by atoms with E-state index in [4.69, 9.17) is 16.3 Å². The van der Waals surface area contributed by atoms with Gasteiger partial charge in [0, 0.05) is 20.6 Å². The molecule has 5 heteroatoms. The minimum Gasteiger partial charge on any atom is -0.457 e. The van der Waals surface area contributed by atoms with Gasteiger partial charge in [0.1, 0.15) is 6.10 Å². The summed E-state index contributed by atoms with van der Waals surface area (Å²) >= 11 is 8.11. The minimum atomic E-state index is -0.300. The number of esters is 1. The van der Waals surface area contributed by atoms with Crippen LogP contribution in [0.25, 0.3) is 0 Å². The molecule has 116 valence electrons. The summed E-state index contributed by atoms with van der Waals surface area (Å²) in [6.45, 7) is 8.57. The molecule has 1 aromatic rings. The van der Waals surface area contributed by atoms with Crippen molar-refractivity contribution in [3.63, 3.8) is 0 Å². The summed E-state index contributed by atoms with van der Waals surface area (Å²) in [4.78, 5) is 14.8. The molecule has 0 radical (unpaired) electrons. The Balaban J connectivity index is 2.22. The van der Waals surface area contributed by atoms with Crippen LogP contribution >= 0.6 is 34.2 Å². The SMILES string of the molecule is CN1C(C)(C)CC(OC(=O)c2cc(Cl)ccc2I)C1(C)C. The standard InChI is InChI=1S/C16H21ClINO2/c1-15(2)9-13(16(3,4)19(15)5)21-14(20)11-8-10(17)6-7-12(11)18/h6-8,13H,9H2,1-5H3. The number of halogens is 2. The molecule has 1 aromatic carbocycles. The largest absolute Gasteiger partial charge is 0.457 e. The topological polar surface area (TPSA) is 29.5 Å². The lowest BCUT2D eigenvalue weighted by Gasteiger charge is -2.37. The van der Waals surface area contributed by atoms with Crippen LogP contribution in [0.4, 0.5) is 0 Å². The first-order chi connectivity index (χ1) is 9.55. The molecule has 0 saturated carbocycles. The quantitative estimate of drug-likeness (QED) is 0.525. The Labute approximate surface area is 145 Å². The first-order valence-corrected chi connectivity index (χ1v) is 8.41. The Hall–Kier alpha value is -0.330. The zero-order valence-corrected chi connectivity index (χ0v) is 15.9. The van der Waals surface area contributed by atoms with Gasteiger partial charge < -0.3 is 4.74 Å². The van der Waals surface area contributed by atoms with Crippen molar-refractivity contribution in [3.05, 3.63) is 32.4 Å². The number of ether oxygens (including phenoxy) is 1. The molecule has 1 atom stereocenters. The average molecular weight is 422 g/mol. The molecule has 1 aliphatic rings. The summed E-state index contributed by atoms with van der Waals surface area (Å²) in [5.41, 5.74) is 0.352. The molecular weight excluding hydrogens is 401 g/mol. The fraction of sp³-hybridized carbons (Fsp3) is 0.562. The van der Waals surface area contributed by atoms with E-state index in [1.807, 2.05) is 6.07 Å². The molecule has 1 unspecified atom stereocenters. The molecule has 0 bridgehead atoms. The van der Waals surface area contributed by atoms with Gasteiger partial charge in [0.05, 0.1) is 11.1 Å². The Morgan fingerprint density at radius 2 is 2.00 bits per heavy atom. The fourth-order valence-electron chi connectivity index (χ4n) is 2.87. The number of likely N-dealkylation sites (N-methyl/N-ethyl adjacent to an activating group) is 1. The van der Waals surface area contributed by atoms with Crippen LogP contribution in [0.1, 0.15) is 44.5 Å². The molecule has 1 fully saturated rings. The molecular formula is C16H21ClINO2. The minimum absolute atomic E-state index is 0.00986.